The van der Waals surface area contributed by atoms with E-state index >= 15 is 0 Å². The van der Waals surface area contributed by atoms with Gasteiger partial charge in [-0.2, -0.15) is 4.31 Å². The summed E-state index contributed by atoms with van der Waals surface area (Å²) in [5.74, 6) is 0. The maximum Gasteiger partial charge on any atom is 0.243 e. The molecule has 21 heavy (non-hydrogen) atoms. The number of nitrogens with two attached hydrogens (primary N) is 1. The molecule has 2 rings (SSSR count). The molecule has 5 heteroatoms. The molecule has 114 valence electrons. The van der Waals surface area contributed by atoms with E-state index in [-0.39, 0.29) is 6.04 Å². The minimum atomic E-state index is -3.53. The van der Waals surface area contributed by atoms with Gasteiger partial charge in [-0.1, -0.05) is 31.2 Å². The zero-order valence-corrected chi connectivity index (χ0v) is 13.5. The Bertz CT molecular complexity index is 739. The van der Waals surface area contributed by atoms with Crippen molar-refractivity contribution in [2.75, 3.05) is 12.3 Å². The van der Waals surface area contributed by atoms with Crippen LogP contribution >= 0.6 is 0 Å². The Kier molecular flexibility index (Phi) is 4.54. The summed E-state index contributed by atoms with van der Waals surface area (Å²) in [4.78, 5) is 0.328. The SMILES string of the molecule is CCCN(C(C)C)S(=O)(=O)c1ccc(N)c2ccccc12. The van der Waals surface area contributed by atoms with Crippen LogP contribution in [0.4, 0.5) is 5.69 Å². The average molecular weight is 306 g/mol. The van der Waals surface area contributed by atoms with Gasteiger partial charge >= 0.3 is 0 Å². The van der Waals surface area contributed by atoms with Gasteiger partial charge in [-0.15, -0.1) is 0 Å². The van der Waals surface area contributed by atoms with Crippen molar-refractivity contribution in [3.05, 3.63) is 36.4 Å². The minimum absolute atomic E-state index is 0.0775. The second-order valence-corrected chi connectivity index (χ2v) is 7.27. The third-order valence-electron chi connectivity index (χ3n) is 3.52. The summed E-state index contributed by atoms with van der Waals surface area (Å²) in [6, 6.07) is 10.6. The Morgan fingerprint density at radius 1 is 1.10 bits per heavy atom. The molecule has 2 N–H and O–H groups in total. The zero-order valence-electron chi connectivity index (χ0n) is 12.7. The molecule has 2 aromatic rings. The van der Waals surface area contributed by atoms with Crippen LogP contribution in [-0.2, 0) is 10.0 Å². The molecule has 0 bridgehead atoms. The second kappa shape index (κ2) is 6.03. The first-order valence-electron chi connectivity index (χ1n) is 7.18. The van der Waals surface area contributed by atoms with Crippen LogP contribution in [0.25, 0.3) is 10.8 Å². The van der Waals surface area contributed by atoms with Gasteiger partial charge in [-0.3, -0.25) is 0 Å². The molecule has 0 aromatic heterocycles. The Balaban J connectivity index is 2.68. The first-order chi connectivity index (χ1) is 9.89. The van der Waals surface area contributed by atoms with Crippen molar-refractivity contribution in [2.24, 2.45) is 0 Å². The molecule has 0 aliphatic heterocycles. The smallest absolute Gasteiger partial charge is 0.243 e. The summed E-state index contributed by atoms with van der Waals surface area (Å²) >= 11 is 0. The maximum absolute atomic E-state index is 13.0. The van der Waals surface area contributed by atoms with Gasteiger partial charge in [-0.25, -0.2) is 8.42 Å². The number of rotatable bonds is 5. The van der Waals surface area contributed by atoms with E-state index in [1.54, 1.807) is 16.4 Å². The first kappa shape index (κ1) is 15.8. The van der Waals surface area contributed by atoms with E-state index in [0.29, 0.717) is 22.5 Å². The Morgan fingerprint density at radius 3 is 2.29 bits per heavy atom. The van der Waals surface area contributed by atoms with Gasteiger partial charge in [0.25, 0.3) is 0 Å². The van der Waals surface area contributed by atoms with Crippen LogP contribution in [0.2, 0.25) is 0 Å². The van der Waals surface area contributed by atoms with Crippen molar-refractivity contribution in [2.45, 2.75) is 38.1 Å². The van der Waals surface area contributed by atoms with Crippen molar-refractivity contribution in [3.63, 3.8) is 0 Å². The maximum atomic E-state index is 13.0. The highest BCUT2D eigenvalue weighted by Gasteiger charge is 2.28. The number of benzene rings is 2. The molecule has 0 saturated carbocycles. The molecule has 2 aromatic carbocycles. The van der Waals surface area contributed by atoms with Crippen LogP contribution < -0.4 is 5.73 Å². The standard InChI is InChI=1S/C16H22N2O2S/c1-4-11-18(12(2)3)21(19,20)16-10-9-15(17)13-7-5-6-8-14(13)16/h5-10,12H,4,11,17H2,1-3H3. The number of hydrogen-bond donors (Lipinski definition) is 1. The summed E-state index contributed by atoms with van der Waals surface area (Å²) < 4.78 is 27.5. The van der Waals surface area contributed by atoms with E-state index in [2.05, 4.69) is 0 Å². The molecule has 0 atom stereocenters. The lowest BCUT2D eigenvalue weighted by atomic mass is 10.1. The van der Waals surface area contributed by atoms with Crippen molar-refractivity contribution >= 4 is 26.5 Å². The second-order valence-electron chi connectivity index (χ2n) is 5.41. The topological polar surface area (TPSA) is 63.4 Å². The summed E-state index contributed by atoms with van der Waals surface area (Å²) in [7, 11) is -3.53. The summed E-state index contributed by atoms with van der Waals surface area (Å²) in [6.07, 6.45) is 0.782. The average Bonchev–Trinajstić information content (AvgIpc) is 2.44. The fourth-order valence-electron chi connectivity index (χ4n) is 2.52. The predicted molar refractivity (Wildman–Crippen MR) is 87.7 cm³/mol. The predicted octanol–water partition coefficient (Wildman–Crippen LogP) is 3.23. The van der Waals surface area contributed by atoms with Gasteiger partial charge in [0, 0.05) is 29.0 Å². The Labute approximate surface area is 126 Å². The van der Waals surface area contributed by atoms with Gasteiger partial charge in [-0.05, 0) is 32.4 Å². The molecule has 0 radical (unpaired) electrons. The third kappa shape index (κ3) is 2.89. The number of anilines is 1. The van der Waals surface area contributed by atoms with Crippen LogP contribution in [0.3, 0.4) is 0 Å². The monoisotopic (exact) mass is 306 g/mol. The number of hydrogen-bond acceptors (Lipinski definition) is 3. The van der Waals surface area contributed by atoms with Crippen LogP contribution in [0.15, 0.2) is 41.3 Å². The molecule has 0 aliphatic rings. The fourth-order valence-corrected chi connectivity index (χ4v) is 4.45. The van der Waals surface area contributed by atoms with E-state index in [0.717, 1.165) is 11.8 Å². The molecule has 0 amide bonds. The highest BCUT2D eigenvalue weighted by molar-refractivity contribution is 7.89. The van der Waals surface area contributed by atoms with E-state index in [9.17, 15) is 8.42 Å². The van der Waals surface area contributed by atoms with E-state index in [4.69, 9.17) is 5.73 Å². The van der Waals surface area contributed by atoms with E-state index in [1.165, 1.54) is 0 Å². The van der Waals surface area contributed by atoms with Gasteiger partial charge in [0.2, 0.25) is 10.0 Å². The van der Waals surface area contributed by atoms with Crippen molar-refractivity contribution in [1.29, 1.82) is 0 Å². The molecular formula is C16H22N2O2S. The number of fused-ring (bicyclic) bond motifs is 1. The summed E-state index contributed by atoms with van der Waals surface area (Å²) in [5, 5.41) is 1.46. The van der Waals surface area contributed by atoms with Crippen LogP contribution in [0.1, 0.15) is 27.2 Å². The lowest BCUT2D eigenvalue weighted by Gasteiger charge is -2.26. The fraction of sp³-hybridized carbons (Fsp3) is 0.375. The zero-order chi connectivity index (χ0) is 15.6. The Hall–Kier alpha value is -1.59. The summed E-state index contributed by atoms with van der Waals surface area (Å²) in [6.45, 7) is 6.28. The molecule has 0 spiro atoms. The number of sulfonamides is 1. The third-order valence-corrected chi connectivity index (χ3v) is 5.66. The minimum Gasteiger partial charge on any atom is -0.398 e. The molecule has 0 heterocycles. The van der Waals surface area contributed by atoms with E-state index < -0.39 is 10.0 Å². The Morgan fingerprint density at radius 2 is 1.71 bits per heavy atom. The van der Waals surface area contributed by atoms with Gasteiger partial charge in [0.15, 0.2) is 0 Å². The van der Waals surface area contributed by atoms with Crippen molar-refractivity contribution < 1.29 is 8.42 Å². The van der Waals surface area contributed by atoms with E-state index in [1.807, 2.05) is 45.0 Å². The molecule has 0 fully saturated rings. The lowest BCUT2D eigenvalue weighted by molar-refractivity contribution is 0.354. The number of nitrogen functional groups attached to an aromatic ring is 1. The van der Waals surface area contributed by atoms with Crippen LogP contribution in [-0.4, -0.2) is 25.3 Å². The quantitative estimate of drug-likeness (QED) is 0.863. The van der Waals surface area contributed by atoms with Gasteiger partial charge in [0.05, 0.1) is 4.90 Å². The largest absolute Gasteiger partial charge is 0.398 e. The molecule has 0 unspecified atom stereocenters. The highest BCUT2D eigenvalue weighted by Crippen LogP contribution is 2.30. The summed E-state index contributed by atoms with van der Waals surface area (Å²) in [5.41, 5.74) is 6.55. The van der Waals surface area contributed by atoms with Crippen LogP contribution in [0, 0.1) is 0 Å². The van der Waals surface area contributed by atoms with Gasteiger partial charge < -0.3 is 5.73 Å². The first-order valence-corrected chi connectivity index (χ1v) is 8.62. The normalized spacial score (nSPS) is 12.4. The number of nitrogens with zero attached hydrogens (tertiary/aromatic N) is 1. The van der Waals surface area contributed by atoms with Crippen molar-refractivity contribution in [3.8, 4) is 0 Å². The van der Waals surface area contributed by atoms with Gasteiger partial charge in [0.1, 0.15) is 0 Å². The van der Waals surface area contributed by atoms with Crippen molar-refractivity contribution in [1.82, 2.24) is 4.31 Å². The molecule has 0 saturated heterocycles. The molecule has 4 nitrogen and oxygen atoms in total. The van der Waals surface area contributed by atoms with Crippen LogP contribution in [0.5, 0.6) is 0 Å². The lowest BCUT2D eigenvalue weighted by Crippen LogP contribution is -2.37. The molecular weight excluding hydrogens is 284 g/mol. The molecule has 0 aliphatic carbocycles. The highest BCUT2D eigenvalue weighted by atomic mass is 32.2.